The zero-order valence-corrected chi connectivity index (χ0v) is 8.82. The molecule has 0 aliphatic carbocycles. The van der Waals surface area contributed by atoms with E-state index in [2.05, 4.69) is 18.0 Å². The number of aromatic nitrogens is 1. The van der Waals surface area contributed by atoms with Gasteiger partial charge in [0.25, 0.3) is 0 Å². The number of rotatable bonds is 3. The Kier molecular flexibility index (Phi) is 4.07. The first-order valence-electron chi connectivity index (χ1n) is 3.96. The van der Waals surface area contributed by atoms with Gasteiger partial charge in [-0.15, -0.1) is 11.8 Å². The maximum Gasteiger partial charge on any atom is 0.102 e. The van der Waals surface area contributed by atoms with Crippen LogP contribution in [0, 0.1) is 11.3 Å². The van der Waals surface area contributed by atoms with E-state index in [-0.39, 0.29) is 0 Å². The van der Waals surface area contributed by atoms with E-state index in [0.717, 1.165) is 17.1 Å². The third-order valence-electron chi connectivity index (χ3n) is 1.44. The highest BCUT2D eigenvalue weighted by atomic mass is 35.5. The zero-order chi connectivity index (χ0) is 9.68. The van der Waals surface area contributed by atoms with Crippen LogP contribution in [0.1, 0.15) is 18.9 Å². The van der Waals surface area contributed by atoms with E-state index < -0.39 is 0 Å². The second-order valence-electron chi connectivity index (χ2n) is 2.45. The number of nitrogens with zero attached hydrogens (tertiary/aromatic N) is 2. The number of pyridine rings is 1. The first kappa shape index (κ1) is 10.4. The molecular weight excluding hydrogens is 204 g/mol. The predicted octanol–water partition coefficient (Wildman–Crippen LogP) is 3.11. The molecule has 68 valence electrons. The summed E-state index contributed by atoms with van der Waals surface area (Å²) in [5.41, 5.74) is 0.537. The molecule has 13 heavy (non-hydrogen) atoms. The molecule has 1 aromatic rings. The normalized spacial score (nSPS) is 9.62. The van der Waals surface area contributed by atoms with Crippen LogP contribution >= 0.6 is 23.4 Å². The summed E-state index contributed by atoms with van der Waals surface area (Å²) in [4.78, 5) is 4.81. The summed E-state index contributed by atoms with van der Waals surface area (Å²) in [7, 11) is 0. The molecule has 0 aromatic carbocycles. The van der Waals surface area contributed by atoms with Crippen LogP contribution in [0.5, 0.6) is 0 Å². The summed E-state index contributed by atoms with van der Waals surface area (Å²) in [6, 6.07) is 2.08. The van der Waals surface area contributed by atoms with Crippen LogP contribution in [0.4, 0.5) is 0 Å². The highest BCUT2D eigenvalue weighted by Crippen LogP contribution is 2.26. The average molecular weight is 213 g/mol. The van der Waals surface area contributed by atoms with Gasteiger partial charge in [0, 0.05) is 17.3 Å². The number of hydrogen-bond donors (Lipinski definition) is 0. The number of nitriles is 1. The van der Waals surface area contributed by atoms with E-state index in [4.69, 9.17) is 16.9 Å². The van der Waals surface area contributed by atoms with Gasteiger partial charge in [-0.25, -0.2) is 0 Å². The molecule has 1 aromatic heterocycles. The minimum atomic E-state index is 0.434. The third-order valence-corrected chi connectivity index (χ3v) is 2.96. The monoisotopic (exact) mass is 212 g/mol. The molecule has 0 saturated carbocycles. The Morgan fingerprint density at radius 2 is 2.38 bits per heavy atom. The summed E-state index contributed by atoms with van der Waals surface area (Å²) in [6.07, 6.45) is 4.25. The first-order valence-corrected chi connectivity index (χ1v) is 5.32. The molecule has 1 heterocycles. The average Bonchev–Trinajstić information content (AvgIpc) is 2.15. The van der Waals surface area contributed by atoms with Gasteiger partial charge in [-0.05, 0) is 12.2 Å². The van der Waals surface area contributed by atoms with E-state index in [1.54, 1.807) is 18.0 Å². The van der Waals surface area contributed by atoms with Crippen molar-refractivity contribution in [2.45, 2.75) is 18.2 Å². The van der Waals surface area contributed by atoms with Crippen LogP contribution in [0.25, 0.3) is 0 Å². The lowest BCUT2D eigenvalue weighted by atomic mass is 10.3. The highest BCUT2D eigenvalue weighted by Gasteiger charge is 2.06. The lowest BCUT2D eigenvalue weighted by Crippen LogP contribution is -1.86. The number of hydrogen-bond acceptors (Lipinski definition) is 3. The molecule has 0 unspecified atom stereocenters. The van der Waals surface area contributed by atoms with Crippen LogP contribution in [0.15, 0.2) is 17.3 Å². The molecule has 0 saturated heterocycles. The lowest BCUT2D eigenvalue weighted by Gasteiger charge is -2.02. The maximum atomic E-state index is 8.82. The fraction of sp³-hybridized carbons (Fsp3) is 0.333. The topological polar surface area (TPSA) is 36.7 Å². The molecule has 0 bridgehead atoms. The largest absolute Gasteiger partial charge is 0.262 e. The van der Waals surface area contributed by atoms with Gasteiger partial charge in [0.1, 0.15) is 6.07 Å². The third kappa shape index (κ3) is 2.61. The summed E-state index contributed by atoms with van der Waals surface area (Å²) in [5.74, 6) is 0.983. The summed E-state index contributed by atoms with van der Waals surface area (Å²) in [6.45, 7) is 2.09. The van der Waals surface area contributed by atoms with Gasteiger partial charge in [0.15, 0.2) is 0 Å². The van der Waals surface area contributed by atoms with Crippen molar-refractivity contribution in [3.63, 3.8) is 0 Å². The molecule has 0 aliphatic rings. The Hall–Kier alpha value is -0.720. The van der Waals surface area contributed by atoms with Gasteiger partial charge in [0.2, 0.25) is 0 Å². The van der Waals surface area contributed by atoms with Crippen molar-refractivity contribution in [2.75, 3.05) is 5.75 Å². The van der Waals surface area contributed by atoms with Crippen molar-refractivity contribution in [3.05, 3.63) is 23.0 Å². The van der Waals surface area contributed by atoms with Crippen molar-refractivity contribution in [2.24, 2.45) is 0 Å². The Morgan fingerprint density at radius 1 is 1.62 bits per heavy atom. The molecule has 0 spiro atoms. The lowest BCUT2D eigenvalue weighted by molar-refractivity contribution is 1.10. The fourth-order valence-electron chi connectivity index (χ4n) is 0.847. The molecule has 0 aliphatic heterocycles. The van der Waals surface area contributed by atoms with Crippen molar-refractivity contribution in [1.82, 2.24) is 4.98 Å². The van der Waals surface area contributed by atoms with Crippen LogP contribution in [0.2, 0.25) is 5.02 Å². The minimum Gasteiger partial charge on any atom is -0.262 e. The second kappa shape index (κ2) is 5.11. The van der Waals surface area contributed by atoms with Crippen molar-refractivity contribution < 1.29 is 0 Å². The molecule has 0 radical (unpaired) electrons. The van der Waals surface area contributed by atoms with Gasteiger partial charge < -0.3 is 0 Å². The van der Waals surface area contributed by atoms with Crippen LogP contribution in [0.3, 0.4) is 0 Å². The van der Waals surface area contributed by atoms with Crippen molar-refractivity contribution in [3.8, 4) is 6.07 Å². The SMILES string of the molecule is CCCSc1cncc(Cl)c1C#N. The molecule has 1 rings (SSSR count). The fourth-order valence-corrected chi connectivity index (χ4v) is 1.96. The molecule has 4 heteroatoms. The molecular formula is C9H9ClN2S. The standard InChI is InChI=1S/C9H9ClN2S/c1-2-3-13-9-6-12-5-8(10)7(9)4-11/h5-6H,2-3H2,1H3. The minimum absolute atomic E-state index is 0.434. The Balaban J connectivity index is 2.93. The van der Waals surface area contributed by atoms with E-state index in [9.17, 15) is 0 Å². The van der Waals surface area contributed by atoms with Crippen LogP contribution in [-0.2, 0) is 0 Å². The molecule has 0 N–H and O–H groups in total. The summed E-state index contributed by atoms with van der Waals surface area (Å²) in [5, 5.41) is 9.26. The zero-order valence-electron chi connectivity index (χ0n) is 7.25. The Morgan fingerprint density at radius 3 is 3.00 bits per heavy atom. The Labute approximate surface area is 86.9 Å². The van der Waals surface area contributed by atoms with Crippen molar-refractivity contribution >= 4 is 23.4 Å². The van der Waals surface area contributed by atoms with Gasteiger partial charge in [-0.3, -0.25) is 4.98 Å². The van der Waals surface area contributed by atoms with E-state index in [0.29, 0.717) is 10.6 Å². The quantitative estimate of drug-likeness (QED) is 0.723. The van der Waals surface area contributed by atoms with E-state index in [1.165, 1.54) is 6.20 Å². The summed E-state index contributed by atoms with van der Waals surface area (Å²) < 4.78 is 0. The molecule has 0 amide bonds. The van der Waals surface area contributed by atoms with E-state index in [1.807, 2.05) is 0 Å². The Bertz CT molecular complexity index is 333. The molecule has 0 fully saturated rings. The van der Waals surface area contributed by atoms with E-state index >= 15 is 0 Å². The van der Waals surface area contributed by atoms with Gasteiger partial charge in [-0.1, -0.05) is 18.5 Å². The van der Waals surface area contributed by atoms with Gasteiger partial charge in [0.05, 0.1) is 10.6 Å². The van der Waals surface area contributed by atoms with Gasteiger partial charge in [-0.2, -0.15) is 5.26 Å². The van der Waals surface area contributed by atoms with Gasteiger partial charge >= 0.3 is 0 Å². The first-order chi connectivity index (χ1) is 6.29. The molecule has 2 nitrogen and oxygen atoms in total. The summed E-state index contributed by atoms with van der Waals surface area (Å²) >= 11 is 7.43. The maximum absolute atomic E-state index is 8.82. The van der Waals surface area contributed by atoms with Crippen LogP contribution in [-0.4, -0.2) is 10.7 Å². The van der Waals surface area contributed by atoms with Crippen LogP contribution < -0.4 is 0 Å². The predicted molar refractivity (Wildman–Crippen MR) is 55.0 cm³/mol. The number of halogens is 1. The second-order valence-corrected chi connectivity index (χ2v) is 4.00. The number of thioether (sulfide) groups is 1. The molecule has 0 atom stereocenters. The smallest absolute Gasteiger partial charge is 0.102 e. The highest BCUT2D eigenvalue weighted by molar-refractivity contribution is 7.99. The van der Waals surface area contributed by atoms with Crippen molar-refractivity contribution in [1.29, 1.82) is 5.26 Å².